The van der Waals surface area contributed by atoms with Gasteiger partial charge in [-0.1, -0.05) is 17.4 Å². The van der Waals surface area contributed by atoms with E-state index < -0.39 is 9.84 Å². The predicted molar refractivity (Wildman–Crippen MR) is 73.8 cm³/mol. The lowest BCUT2D eigenvalue weighted by Gasteiger charge is -2.05. The molecular weight excluding hydrogens is 286 g/mol. The molecule has 102 valence electrons. The highest BCUT2D eigenvalue weighted by Gasteiger charge is 2.08. The van der Waals surface area contributed by atoms with Crippen LogP contribution in [0.5, 0.6) is 5.75 Å². The van der Waals surface area contributed by atoms with Crippen molar-refractivity contribution in [2.75, 3.05) is 11.7 Å². The average Bonchev–Trinajstić information content (AvgIpc) is 2.84. The number of rotatable bonds is 5. The Balaban J connectivity index is 2.07. The minimum absolute atomic E-state index is 0.235. The first kappa shape index (κ1) is 13.8. The zero-order chi connectivity index (χ0) is 13.9. The summed E-state index contributed by atoms with van der Waals surface area (Å²) in [6.07, 6.45) is 2.81. The van der Waals surface area contributed by atoms with Crippen molar-refractivity contribution in [3.05, 3.63) is 35.3 Å². The lowest BCUT2D eigenvalue weighted by molar-refractivity contribution is 0.308. The predicted octanol–water partition coefficient (Wildman–Crippen LogP) is 1.41. The van der Waals surface area contributed by atoms with E-state index in [1.54, 1.807) is 18.3 Å². The van der Waals surface area contributed by atoms with Crippen molar-refractivity contribution in [1.82, 2.24) is 4.98 Å². The van der Waals surface area contributed by atoms with Gasteiger partial charge in [0.1, 0.15) is 12.4 Å². The molecule has 0 unspecified atom stereocenters. The van der Waals surface area contributed by atoms with Gasteiger partial charge in [0, 0.05) is 12.5 Å². The van der Waals surface area contributed by atoms with Gasteiger partial charge in [-0.3, -0.25) is 5.43 Å². The highest BCUT2D eigenvalue weighted by molar-refractivity contribution is 7.90. The van der Waals surface area contributed by atoms with E-state index >= 15 is 0 Å². The summed E-state index contributed by atoms with van der Waals surface area (Å²) in [5.74, 6) is 5.73. The first-order chi connectivity index (χ1) is 8.99. The van der Waals surface area contributed by atoms with Crippen molar-refractivity contribution in [3.63, 3.8) is 0 Å². The Morgan fingerprint density at radius 3 is 2.89 bits per heavy atom. The molecule has 19 heavy (non-hydrogen) atoms. The van der Waals surface area contributed by atoms with E-state index in [0.29, 0.717) is 17.5 Å². The third-order valence-electron chi connectivity index (χ3n) is 2.29. The minimum atomic E-state index is -3.22. The number of benzene rings is 1. The zero-order valence-electron chi connectivity index (χ0n) is 10.2. The Morgan fingerprint density at radius 1 is 1.47 bits per heavy atom. The summed E-state index contributed by atoms with van der Waals surface area (Å²) < 4.78 is 28.4. The quantitative estimate of drug-likeness (QED) is 0.640. The lowest BCUT2D eigenvalue weighted by Crippen LogP contribution is -2.05. The molecule has 0 bridgehead atoms. The molecule has 6 nitrogen and oxygen atoms in total. The second-order valence-electron chi connectivity index (χ2n) is 3.81. The van der Waals surface area contributed by atoms with E-state index in [0.717, 1.165) is 11.1 Å². The summed E-state index contributed by atoms with van der Waals surface area (Å²) in [4.78, 5) is 5.13. The molecule has 1 heterocycles. The van der Waals surface area contributed by atoms with E-state index in [9.17, 15) is 8.42 Å². The molecular formula is C11H13N3O3S2. The molecule has 0 radical (unpaired) electrons. The van der Waals surface area contributed by atoms with E-state index in [1.165, 1.54) is 23.5 Å². The van der Waals surface area contributed by atoms with Gasteiger partial charge in [-0.2, -0.15) is 0 Å². The monoisotopic (exact) mass is 299 g/mol. The van der Waals surface area contributed by atoms with Gasteiger partial charge in [0.05, 0.1) is 9.77 Å². The number of hydrogen-bond acceptors (Lipinski definition) is 7. The fourth-order valence-electron chi connectivity index (χ4n) is 1.39. The molecule has 0 amide bonds. The van der Waals surface area contributed by atoms with E-state index in [2.05, 4.69) is 10.4 Å². The molecule has 2 aromatic rings. The summed E-state index contributed by atoms with van der Waals surface area (Å²) in [5.41, 5.74) is 2.45. The molecule has 2 rings (SSSR count). The maximum Gasteiger partial charge on any atom is 0.197 e. The van der Waals surface area contributed by atoms with Crippen LogP contribution in [-0.4, -0.2) is 19.7 Å². The smallest absolute Gasteiger partial charge is 0.197 e. The second-order valence-corrected chi connectivity index (χ2v) is 6.94. The normalized spacial score (nSPS) is 11.3. The number of nitrogens with two attached hydrogens (primary N) is 1. The van der Waals surface area contributed by atoms with E-state index in [-0.39, 0.29) is 4.90 Å². The number of hydrogen-bond donors (Lipinski definition) is 2. The first-order valence-corrected chi connectivity index (χ1v) is 8.04. The molecule has 3 N–H and O–H groups in total. The molecule has 1 aromatic heterocycles. The van der Waals surface area contributed by atoms with Gasteiger partial charge in [-0.05, 0) is 18.2 Å². The van der Waals surface area contributed by atoms with Crippen LogP contribution in [0, 0.1) is 0 Å². The van der Waals surface area contributed by atoms with Crippen LogP contribution in [0.15, 0.2) is 35.4 Å². The molecule has 0 fully saturated rings. The van der Waals surface area contributed by atoms with Gasteiger partial charge in [-0.25, -0.2) is 19.2 Å². The molecule has 0 saturated heterocycles. The van der Waals surface area contributed by atoms with Gasteiger partial charge in [-0.15, -0.1) is 0 Å². The number of nitrogens with zero attached hydrogens (tertiary/aromatic N) is 1. The number of sulfone groups is 1. The van der Waals surface area contributed by atoms with Crippen molar-refractivity contribution < 1.29 is 13.2 Å². The zero-order valence-corrected chi connectivity index (χ0v) is 11.8. The Hall–Kier alpha value is -1.64. The number of anilines is 1. The molecule has 1 aromatic carbocycles. The van der Waals surface area contributed by atoms with Crippen LogP contribution < -0.4 is 16.0 Å². The van der Waals surface area contributed by atoms with Gasteiger partial charge in [0.2, 0.25) is 0 Å². The Kier molecular flexibility index (Phi) is 4.03. The summed E-state index contributed by atoms with van der Waals surface area (Å²) in [5, 5.41) is 0.600. The summed E-state index contributed by atoms with van der Waals surface area (Å²) >= 11 is 1.37. The van der Waals surface area contributed by atoms with Crippen molar-refractivity contribution in [2.45, 2.75) is 11.5 Å². The highest BCUT2D eigenvalue weighted by Crippen LogP contribution is 2.21. The molecule has 0 aliphatic heterocycles. The Morgan fingerprint density at radius 2 is 2.26 bits per heavy atom. The van der Waals surface area contributed by atoms with E-state index in [4.69, 9.17) is 10.6 Å². The van der Waals surface area contributed by atoms with Crippen molar-refractivity contribution in [1.29, 1.82) is 0 Å². The average molecular weight is 299 g/mol. The van der Waals surface area contributed by atoms with Crippen LogP contribution in [0.25, 0.3) is 0 Å². The standard InChI is InChI=1S/C11H13N3O3S2/c1-19(15,16)10-4-2-3-8(5-10)17-7-9-6-13-11(14-12)18-9/h2-6H,7,12H2,1H3,(H,13,14). The highest BCUT2D eigenvalue weighted by atomic mass is 32.2. The lowest BCUT2D eigenvalue weighted by atomic mass is 10.3. The Bertz CT molecular complexity index is 667. The number of hydrazine groups is 1. The maximum atomic E-state index is 11.4. The largest absolute Gasteiger partial charge is 0.488 e. The summed E-state index contributed by atoms with van der Waals surface area (Å²) in [7, 11) is -3.22. The van der Waals surface area contributed by atoms with Crippen molar-refractivity contribution in [2.24, 2.45) is 5.84 Å². The minimum Gasteiger partial charge on any atom is -0.488 e. The van der Waals surface area contributed by atoms with Crippen LogP contribution in [-0.2, 0) is 16.4 Å². The van der Waals surface area contributed by atoms with Crippen molar-refractivity contribution >= 4 is 26.3 Å². The van der Waals surface area contributed by atoms with Crippen LogP contribution in [0.4, 0.5) is 5.13 Å². The van der Waals surface area contributed by atoms with Gasteiger partial charge >= 0.3 is 0 Å². The number of ether oxygens (including phenoxy) is 1. The maximum absolute atomic E-state index is 11.4. The molecule has 0 aliphatic carbocycles. The second kappa shape index (κ2) is 5.55. The molecule has 0 aliphatic rings. The molecule has 8 heteroatoms. The van der Waals surface area contributed by atoms with Gasteiger partial charge in [0.15, 0.2) is 15.0 Å². The molecule has 0 atom stereocenters. The fraction of sp³-hybridized carbons (Fsp3) is 0.182. The third-order valence-corrected chi connectivity index (χ3v) is 4.30. The summed E-state index contributed by atoms with van der Waals surface area (Å²) in [6.45, 7) is 0.312. The SMILES string of the molecule is CS(=O)(=O)c1cccc(OCc2cnc(NN)s2)c1. The fourth-order valence-corrected chi connectivity index (χ4v) is 2.68. The number of thiazole rings is 1. The van der Waals surface area contributed by atoms with Crippen LogP contribution >= 0.6 is 11.3 Å². The number of nitrogens with one attached hydrogen (secondary N) is 1. The summed E-state index contributed by atoms with van der Waals surface area (Å²) in [6, 6.07) is 6.38. The number of aromatic nitrogens is 1. The van der Waals surface area contributed by atoms with Gasteiger partial charge in [0.25, 0.3) is 0 Å². The molecule has 0 spiro atoms. The Labute approximate surface area is 115 Å². The first-order valence-electron chi connectivity index (χ1n) is 5.33. The van der Waals surface area contributed by atoms with E-state index in [1.807, 2.05) is 0 Å². The topological polar surface area (TPSA) is 94.3 Å². The molecule has 0 saturated carbocycles. The van der Waals surface area contributed by atoms with Crippen LogP contribution in [0.2, 0.25) is 0 Å². The van der Waals surface area contributed by atoms with Crippen LogP contribution in [0.3, 0.4) is 0 Å². The van der Waals surface area contributed by atoms with Crippen LogP contribution in [0.1, 0.15) is 4.88 Å². The number of nitrogen functional groups attached to an aromatic ring is 1. The van der Waals surface area contributed by atoms with Crippen molar-refractivity contribution in [3.8, 4) is 5.75 Å². The van der Waals surface area contributed by atoms with Gasteiger partial charge < -0.3 is 4.74 Å². The third kappa shape index (κ3) is 3.66.